The summed E-state index contributed by atoms with van der Waals surface area (Å²) < 4.78 is 0. The van der Waals surface area contributed by atoms with Gasteiger partial charge < -0.3 is 25.4 Å². The molecule has 2 aliphatic heterocycles. The van der Waals surface area contributed by atoms with Gasteiger partial charge in [0.25, 0.3) is 11.8 Å². The van der Waals surface area contributed by atoms with Gasteiger partial charge in [-0.2, -0.15) is 0 Å². The number of likely N-dealkylation sites (tertiary alicyclic amines) is 1. The lowest BCUT2D eigenvalue weighted by Crippen LogP contribution is -2.61. The summed E-state index contributed by atoms with van der Waals surface area (Å²) in [5.41, 5.74) is 2.21. The molecule has 3 aromatic rings. The number of hydrogen-bond acceptors (Lipinski definition) is 6. The van der Waals surface area contributed by atoms with Gasteiger partial charge in [0.15, 0.2) is 5.01 Å². The zero-order chi connectivity index (χ0) is 24.7. The number of carbonyl (C=O) groups is 3. The van der Waals surface area contributed by atoms with E-state index in [-0.39, 0.29) is 23.8 Å². The van der Waals surface area contributed by atoms with Crippen molar-refractivity contribution in [2.24, 2.45) is 0 Å². The number of halogens is 1. The minimum atomic E-state index is -0.438. The summed E-state index contributed by atoms with van der Waals surface area (Å²) in [6.45, 7) is 4.05. The van der Waals surface area contributed by atoms with E-state index in [1.165, 1.54) is 18.3 Å². The summed E-state index contributed by atoms with van der Waals surface area (Å²) in [7, 11) is 2.05. The Morgan fingerprint density at radius 2 is 1.94 bits per heavy atom. The highest BCUT2D eigenvalue weighted by Crippen LogP contribution is 2.25. The maximum absolute atomic E-state index is 13.1. The third-order valence-corrected chi connectivity index (χ3v) is 7.95. The Bertz CT molecular complexity index is 1300. The Morgan fingerprint density at radius 3 is 2.74 bits per heavy atom. The molecule has 184 valence electrons. The van der Waals surface area contributed by atoms with Crippen LogP contribution in [0.5, 0.6) is 0 Å². The smallest absolute Gasteiger partial charge is 0.280 e. The second-order valence-corrected chi connectivity index (χ2v) is 10.7. The summed E-state index contributed by atoms with van der Waals surface area (Å²) in [4.78, 5) is 50.9. The molecule has 0 radical (unpaired) electrons. The molecule has 0 spiro atoms. The number of likely N-dealkylation sites (N-methyl/N-ethyl adjacent to an activating group) is 1. The molecule has 0 aliphatic carbocycles. The van der Waals surface area contributed by atoms with E-state index >= 15 is 0 Å². The van der Waals surface area contributed by atoms with Crippen LogP contribution in [0.2, 0.25) is 5.02 Å². The third-order valence-electron chi connectivity index (χ3n) is 6.63. The second kappa shape index (κ2) is 9.60. The minimum Gasteiger partial charge on any atom is -0.351 e. The summed E-state index contributed by atoms with van der Waals surface area (Å²) >= 11 is 7.48. The van der Waals surface area contributed by atoms with Gasteiger partial charge in [-0.3, -0.25) is 14.4 Å². The molecule has 35 heavy (non-hydrogen) atoms. The van der Waals surface area contributed by atoms with E-state index in [9.17, 15) is 14.4 Å². The SMILES string of the molecule is CC(=O)N1CC[C@@H](NC(=O)c2cc3cc(Cl)ccc3[nH]2)[C@H](NC(=O)c2nc3c(s2)CN(C)CC3)C1. The number of aromatic nitrogens is 2. The van der Waals surface area contributed by atoms with Crippen LogP contribution >= 0.6 is 22.9 Å². The number of aromatic amines is 1. The van der Waals surface area contributed by atoms with Crippen molar-refractivity contribution in [1.82, 2.24) is 30.4 Å². The Hall–Kier alpha value is -2.95. The van der Waals surface area contributed by atoms with Gasteiger partial charge in [-0.25, -0.2) is 4.98 Å². The van der Waals surface area contributed by atoms with Crippen molar-refractivity contribution in [2.45, 2.75) is 38.4 Å². The van der Waals surface area contributed by atoms with E-state index in [4.69, 9.17) is 11.6 Å². The molecule has 1 aromatic carbocycles. The number of benzene rings is 1. The molecule has 0 unspecified atom stereocenters. The van der Waals surface area contributed by atoms with Crippen LogP contribution in [0.3, 0.4) is 0 Å². The number of carbonyl (C=O) groups excluding carboxylic acids is 3. The first-order valence-electron chi connectivity index (χ1n) is 11.6. The normalized spacial score (nSPS) is 20.5. The van der Waals surface area contributed by atoms with Crippen LogP contribution in [-0.4, -0.2) is 76.3 Å². The number of piperidine rings is 1. The Kier molecular flexibility index (Phi) is 6.52. The first-order chi connectivity index (χ1) is 16.8. The van der Waals surface area contributed by atoms with Crippen LogP contribution in [0, 0.1) is 0 Å². The third kappa shape index (κ3) is 5.05. The fraction of sp³-hybridized carbons (Fsp3) is 0.417. The molecular formula is C24H27ClN6O3S. The minimum absolute atomic E-state index is 0.0609. The largest absolute Gasteiger partial charge is 0.351 e. The van der Waals surface area contributed by atoms with E-state index < -0.39 is 6.04 Å². The van der Waals surface area contributed by atoms with Gasteiger partial charge in [-0.05, 0) is 37.7 Å². The quantitative estimate of drug-likeness (QED) is 0.495. The molecule has 2 aliphatic rings. The maximum atomic E-state index is 13.1. The van der Waals surface area contributed by atoms with Crippen molar-refractivity contribution < 1.29 is 14.4 Å². The molecule has 5 rings (SSSR count). The van der Waals surface area contributed by atoms with Gasteiger partial charge in [0.1, 0.15) is 5.69 Å². The summed E-state index contributed by atoms with van der Waals surface area (Å²) in [6, 6.07) is 6.37. The van der Waals surface area contributed by atoms with Gasteiger partial charge in [-0.1, -0.05) is 11.6 Å². The highest BCUT2D eigenvalue weighted by atomic mass is 35.5. The van der Waals surface area contributed by atoms with Crippen molar-refractivity contribution in [3.63, 3.8) is 0 Å². The average Bonchev–Trinajstić information content (AvgIpc) is 3.43. The van der Waals surface area contributed by atoms with Crippen molar-refractivity contribution >= 4 is 51.6 Å². The molecule has 2 atom stereocenters. The molecule has 11 heteroatoms. The van der Waals surface area contributed by atoms with Crippen molar-refractivity contribution in [3.05, 3.63) is 50.6 Å². The average molecular weight is 515 g/mol. The lowest BCUT2D eigenvalue weighted by atomic mass is 9.98. The van der Waals surface area contributed by atoms with Crippen molar-refractivity contribution in [1.29, 1.82) is 0 Å². The topological polar surface area (TPSA) is 110 Å². The first-order valence-corrected chi connectivity index (χ1v) is 12.8. The Labute approximate surface area is 211 Å². The monoisotopic (exact) mass is 514 g/mol. The molecule has 3 N–H and O–H groups in total. The summed E-state index contributed by atoms with van der Waals surface area (Å²) in [6.07, 6.45) is 1.35. The van der Waals surface area contributed by atoms with Gasteiger partial charge in [0.05, 0.1) is 17.8 Å². The van der Waals surface area contributed by atoms with E-state index in [2.05, 4.69) is 32.5 Å². The maximum Gasteiger partial charge on any atom is 0.280 e. The van der Waals surface area contributed by atoms with Crippen LogP contribution in [0.1, 0.15) is 44.2 Å². The van der Waals surface area contributed by atoms with Crippen molar-refractivity contribution in [2.75, 3.05) is 26.7 Å². The molecule has 4 heterocycles. The molecule has 1 saturated heterocycles. The lowest BCUT2D eigenvalue weighted by molar-refractivity contribution is -0.130. The highest BCUT2D eigenvalue weighted by Gasteiger charge is 2.34. The number of H-pyrrole nitrogens is 1. The number of thiazole rings is 1. The van der Waals surface area contributed by atoms with E-state index in [0.717, 1.165) is 41.0 Å². The predicted octanol–water partition coefficient (Wildman–Crippen LogP) is 2.41. The van der Waals surface area contributed by atoms with Crippen LogP contribution < -0.4 is 10.6 Å². The van der Waals surface area contributed by atoms with Crippen LogP contribution in [0.15, 0.2) is 24.3 Å². The standard InChI is InChI=1S/C24H27ClN6O3S/c1-13(32)31-8-6-17(27-22(33)19-10-14-9-15(25)3-4-16(14)26-19)20(11-31)28-23(34)24-29-18-5-7-30(2)12-21(18)35-24/h3-4,9-10,17,20,26H,5-8,11-12H2,1-2H3,(H,27,33)(H,28,34)/t17-,20-/m1/s1. The second-order valence-electron chi connectivity index (χ2n) is 9.20. The van der Waals surface area contributed by atoms with E-state index in [0.29, 0.717) is 35.2 Å². The molecule has 9 nitrogen and oxygen atoms in total. The van der Waals surface area contributed by atoms with Gasteiger partial charge in [-0.15, -0.1) is 11.3 Å². The zero-order valence-electron chi connectivity index (χ0n) is 19.6. The Balaban J connectivity index is 1.32. The van der Waals surface area contributed by atoms with Gasteiger partial charge >= 0.3 is 0 Å². The van der Waals surface area contributed by atoms with Crippen LogP contribution in [0.4, 0.5) is 0 Å². The van der Waals surface area contributed by atoms with Gasteiger partial charge in [0.2, 0.25) is 5.91 Å². The summed E-state index contributed by atoms with van der Waals surface area (Å²) in [5.74, 6) is -0.609. The molecule has 2 aromatic heterocycles. The number of hydrogen-bond donors (Lipinski definition) is 3. The van der Waals surface area contributed by atoms with Crippen LogP contribution in [0.25, 0.3) is 10.9 Å². The zero-order valence-corrected chi connectivity index (χ0v) is 21.1. The number of rotatable bonds is 4. The molecule has 0 saturated carbocycles. The number of fused-ring (bicyclic) bond motifs is 2. The number of nitrogens with one attached hydrogen (secondary N) is 3. The predicted molar refractivity (Wildman–Crippen MR) is 135 cm³/mol. The molecule has 0 bridgehead atoms. The van der Waals surface area contributed by atoms with Crippen LogP contribution in [-0.2, 0) is 17.8 Å². The fourth-order valence-corrected chi connectivity index (χ4v) is 5.95. The fourth-order valence-electron chi connectivity index (χ4n) is 4.68. The molecule has 1 fully saturated rings. The molecular weight excluding hydrogens is 488 g/mol. The van der Waals surface area contributed by atoms with Gasteiger partial charge in [0, 0.05) is 60.3 Å². The number of nitrogens with zero attached hydrogens (tertiary/aromatic N) is 3. The first kappa shape index (κ1) is 23.8. The lowest BCUT2D eigenvalue weighted by Gasteiger charge is -2.38. The Morgan fingerprint density at radius 1 is 1.14 bits per heavy atom. The van der Waals surface area contributed by atoms with E-state index in [1.807, 2.05) is 6.07 Å². The highest BCUT2D eigenvalue weighted by molar-refractivity contribution is 7.13. The summed E-state index contributed by atoms with van der Waals surface area (Å²) in [5, 5.41) is 7.95. The number of amides is 3. The van der Waals surface area contributed by atoms with Crippen molar-refractivity contribution in [3.8, 4) is 0 Å². The van der Waals surface area contributed by atoms with E-state index in [1.54, 1.807) is 23.1 Å². The molecule has 3 amide bonds.